The maximum Gasteiger partial charge on any atom is 0.422 e. The number of ether oxygens (including phenoxy) is 1. The number of amides is 1. The largest absolute Gasteiger partial charge is 0.484 e. The lowest BCUT2D eigenvalue weighted by Gasteiger charge is -2.18. The van der Waals surface area contributed by atoms with Crippen molar-refractivity contribution >= 4 is 5.91 Å². The highest BCUT2D eigenvalue weighted by Crippen LogP contribution is 2.28. The van der Waals surface area contributed by atoms with Crippen molar-refractivity contribution in [1.29, 1.82) is 0 Å². The highest BCUT2D eigenvalue weighted by Gasteiger charge is 2.34. The lowest BCUT2D eigenvalue weighted by Crippen LogP contribution is -2.34. The van der Waals surface area contributed by atoms with Gasteiger partial charge in [-0.15, -0.1) is 0 Å². The molecule has 1 fully saturated rings. The van der Waals surface area contributed by atoms with E-state index < -0.39 is 12.8 Å². The highest BCUT2D eigenvalue weighted by atomic mass is 19.4. The van der Waals surface area contributed by atoms with E-state index in [2.05, 4.69) is 15.7 Å². The van der Waals surface area contributed by atoms with Crippen LogP contribution in [0.5, 0.6) is 5.75 Å². The third-order valence-corrected chi connectivity index (χ3v) is 4.77. The van der Waals surface area contributed by atoms with Crippen molar-refractivity contribution in [3.8, 4) is 5.75 Å². The maximum atomic E-state index is 12.7. The first-order chi connectivity index (χ1) is 13.2. The van der Waals surface area contributed by atoms with Crippen molar-refractivity contribution in [1.82, 2.24) is 20.4 Å². The van der Waals surface area contributed by atoms with E-state index in [-0.39, 0.29) is 30.0 Å². The van der Waals surface area contributed by atoms with Gasteiger partial charge in [-0.2, -0.15) is 18.3 Å². The summed E-state index contributed by atoms with van der Waals surface area (Å²) in [6.07, 6.45) is -0.779. The number of carbonyl (C=O) groups is 1. The van der Waals surface area contributed by atoms with E-state index in [4.69, 9.17) is 4.74 Å². The third kappa shape index (κ3) is 5.03. The summed E-state index contributed by atoms with van der Waals surface area (Å²) in [6.45, 7) is 1.71. The van der Waals surface area contributed by atoms with Gasteiger partial charge in [0.15, 0.2) is 6.61 Å². The van der Waals surface area contributed by atoms with Gasteiger partial charge in [0.05, 0.1) is 12.1 Å². The lowest BCUT2D eigenvalue weighted by atomic mass is 9.90. The number of carbonyl (C=O) groups excluding carboxylic acids is 1. The molecule has 2 atom stereocenters. The Bertz CT molecular complexity index is 835. The first-order valence-corrected chi connectivity index (χ1v) is 8.99. The van der Waals surface area contributed by atoms with Gasteiger partial charge in [0.2, 0.25) is 5.91 Å². The second kappa shape index (κ2) is 8.22. The Kier molecular flexibility index (Phi) is 5.93. The number of nitrogens with zero attached hydrogens (tertiary/aromatic N) is 2. The molecule has 28 heavy (non-hydrogen) atoms. The molecule has 3 rings (SSSR count). The highest BCUT2D eigenvalue weighted by molar-refractivity contribution is 5.80. The number of benzene rings is 1. The Morgan fingerprint density at radius 3 is 2.86 bits per heavy atom. The summed E-state index contributed by atoms with van der Waals surface area (Å²) in [5, 5.41) is 10.2. The van der Waals surface area contributed by atoms with E-state index in [9.17, 15) is 18.0 Å². The molecular weight excluding hydrogens is 373 g/mol. The molecule has 1 amide bonds. The molecule has 6 nitrogen and oxygen atoms in total. The lowest BCUT2D eigenvalue weighted by molar-refractivity contribution is -0.153. The second-order valence-electron chi connectivity index (χ2n) is 7.05. The molecule has 2 aromatic rings. The minimum absolute atomic E-state index is 0.00710. The first kappa shape index (κ1) is 20.2. The fourth-order valence-corrected chi connectivity index (χ4v) is 3.35. The Hall–Kier alpha value is -2.55. The monoisotopic (exact) mass is 396 g/mol. The number of halogens is 3. The van der Waals surface area contributed by atoms with E-state index in [1.807, 2.05) is 13.2 Å². The van der Waals surface area contributed by atoms with Gasteiger partial charge in [-0.1, -0.05) is 12.1 Å². The molecule has 1 aliphatic heterocycles. The molecule has 9 heteroatoms. The molecule has 0 unspecified atom stereocenters. The van der Waals surface area contributed by atoms with Gasteiger partial charge in [0, 0.05) is 44.4 Å². The summed E-state index contributed by atoms with van der Waals surface area (Å²) in [7, 11) is 1.82. The van der Waals surface area contributed by atoms with E-state index in [0.717, 1.165) is 11.1 Å². The van der Waals surface area contributed by atoms with Gasteiger partial charge in [0.25, 0.3) is 0 Å². The number of hydrogen-bond donors (Lipinski definition) is 2. The number of aryl methyl sites for hydroxylation is 2. The van der Waals surface area contributed by atoms with Crippen LogP contribution >= 0.6 is 0 Å². The van der Waals surface area contributed by atoms with Gasteiger partial charge in [-0.3, -0.25) is 9.48 Å². The van der Waals surface area contributed by atoms with Crippen molar-refractivity contribution in [3.05, 3.63) is 47.3 Å². The average Bonchev–Trinajstić information content (AvgIpc) is 3.26. The summed E-state index contributed by atoms with van der Waals surface area (Å²) in [5.41, 5.74) is 2.27. The molecule has 0 bridgehead atoms. The van der Waals surface area contributed by atoms with Crippen LogP contribution in [-0.4, -0.2) is 41.6 Å². The van der Waals surface area contributed by atoms with Crippen molar-refractivity contribution in [2.45, 2.75) is 25.6 Å². The molecule has 0 spiro atoms. The van der Waals surface area contributed by atoms with Crippen LogP contribution in [-0.2, 0) is 18.4 Å². The Morgan fingerprint density at radius 2 is 2.18 bits per heavy atom. The van der Waals surface area contributed by atoms with Gasteiger partial charge in [-0.25, -0.2) is 0 Å². The standard InChI is InChI=1S/C19H23F3N4O2/c1-12-3-4-13(17(5-12)28-11-19(20,21)22)6-24-18(27)16-9-23-8-15(16)14-7-25-26(2)10-14/h3-5,7,10,15-16,23H,6,8-9,11H2,1-2H3,(H,24,27)/t15-,16+/m1/s1. The summed E-state index contributed by atoms with van der Waals surface area (Å²) in [5.74, 6) is -0.283. The van der Waals surface area contributed by atoms with E-state index in [1.165, 1.54) is 0 Å². The molecule has 1 saturated heterocycles. The summed E-state index contributed by atoms with van der Waals surface area (Å²) in [6, 6.07) is 4.99. The van der Waals surface area contributed by atoms with E-state index in [0.29, 0.717) is 18.7 Å². The Balaban J connectivity index is 1.65. The zero-order valence-corrected chi connectivity index (χ0v) is 15.7. The molecule has 2 heterocycles. The van der Waals surface area contributed by atoms with Crippen LogP contribution in [0.4, 0.5) is 13.2 Å². The van der Waals surface area contributed by atoms with Crippen LogP contribution < -0.4 is 15.4 Å². The number of rotatable bonds is 6. The third-order valence-electron chi connectivity index (χ3n) is 4.77. The van der Waals surface area contributed by atoms with Crippen molar-refractivity contribution in [2.24, 2.45) is 13.0 Å². The van der Waals surface area contributed by atoms with Crippen molar-refractivity contribution in [3.63, 3.8) is 0 Å². The molecule has 1 aromatic carbocycles. The Morgan fingerprint density at radius 1 is 1.39 bits per heavy atom. The van der Waals surface area contributed by atoms with Gasteiger partial charge < -0.3 is 15.4 Å². The van der Waals surface area contributed by atoms with Crippen LogP contribution in [0.1, 0.15) is 22.6 Å². The molecule has 0 radical (unpaired) electrons. The van der Waals surface area contributed by atoms with Crippen LogP contribution in [0.2, 0.25) is 0 Å². The van der Waals surface area contributed by atoms with Crippen LogP contribution in [0.3, 0.4) is 0 Å². The van der Waals surface area contributed by atoms with Crippen molar-refractivity contribution in [2.75, 3.05) is 19.7 Å². The van der Waals surface area contributed by atoms with Crippen LogP contribution in [0.15, 0.2) is 30.6 Å². The second-order valence-corrected chi connectivity index (χ2v) is 7.05. The molecular formula is C19H23F3N4O2. The van der Waals surface area contributed by atoms with E-state index >= 15 is 0 Å². The van der Waals surface area contributed by atoms with Crippen LogP contribution in [0.25, 0.3) is 0 Å². The molecule has 1 aromatic heterocycles. The fourth-order valence-electron chi connectivity index (χ4n) is 3.35. The minimum atomic E-state index is -4.42. The minimum Gasteiger partial charge on any atom is -0.484 e. The maximum absolute atomic E-state index is 12.7. The molecule has 1 aliphatic rings. The molecule has 0 saturated carbocycles. The number of alkyl halides is 3. The molecule has 0 aliphatic carbocycles. The predicted octanol–water partition coefficient (Wildman–Crippen LogP) is 2.29. The van der Waals surface area contributed by atoms with E-state index in [1.54, 1.807) is 36.0 Å². The Labute approximate surface area is 161 Å². The number of hydrogen-bond acceptors (Lipinski definition) is 4. The number of nitrogens with one attached hydrogen (secondary N) is 2. The summed E-state index contributed by atoms with van der Waals surface area (Å²) >= 11 is 0. The van der Waals surface area contributed by atoms with Gasteiger partial charge in [0.1, 0.15) is 5.75 Å². The van der Waals surface area contributed by atoms with Crippen LogP contribution in [0, 0.1) is 12.8 Å². The SMILES string of the molecule is Cc1ccc(CNC(=O)[C@H]2CNC[C@@H]2c2cnn(C)c2)c(OCC(F)(F)F)c1. The molecule has 152 valence electrons. The summed E-state index contributed by atoms with van der Waals surface area (Å²) < 4.78 is 44.1. The normalized spacial score (nSPS) is 19.6. The fraction of sp³-hybridized carbons (Fsp3) is 0.474. The van der Waals surface area contributed by atoms with Crippen molar-refractivity contribution < 1.29 is 22.7 Å². The number of aromatic nitrogens is 2. The average molecular weight is 396 g/mol. The predicted molar refractivity (Wildman–Crippen MR) is 96.9 cm³/mol. The zero-order valence-electron chi connectivity index (χ0n) is 15.7. The molecule has 2 N–H and O–H groups in total. The topological polar surface area (TPSA) is 68.2 Å². The quantitative estimate of drug-likeness (QED) is 0.786. The summed E-state index contributed by atoms with van der Waals surface area (Å²) in [4.78, 5) is 12.7. The first-order valence-electron chi connectivity index (χ1n) is 8.99. The van der Waals surface area contributed by atoms with Gasteiger partial charge >= 0.3 is 6.18 Å². The smallest absolute Gasteiger partial charge is 0.422 e. The zero-order chi connectivity index (χ0) is 20.3. The van der Waals surface area contributed by atoms with Gasteiger partial charge in [-0.05, 0) is 24.1 Å².